The normalized spacial score (nSPS) is 10.1. The lowest BCUT2D eigenvalue weighted by molar-refractivity contribution is 0.0698. The third-order valence-corrected chi connectivity index (χ3v) is 2.70. The van der Waals surface area contributed by atoms with Crippen molar-refractivity contribution in [2.24, 2.45) is 0 Å². The molecular weight excluding hydrogens is 258 g/mol. The Bertz CT molecular complexity index is 666. The molecule has 6 nitrogen and oxygen atoms in total. The van der Waals surface area contributed by atoms with E-state index in [9.17, 15) is 9.59 Å². The summed E-state index contributed by atoms with van der Waals surface area (Å²) in [7, 11) is 0. The third-order valence-electron chi connectivity index (χ3n) is 2.70. The fraction of sp³-hybridized carbons (Fsp3) is 0.0714. The second-order valence-corrected chi connectivity index (χ2v) is 4.25. The van der Waals surface area contributed by atoms with Crippen molar-refractivity contribution in [3.8, 4) is 0 Å². The topological polar surface area (TPSA) is 105 Å². The Balaban J connectivity index is 2.28. The van der Waals surface area contributed by atoms with Gasteiger partial charge >= 0.3 is 5.97 Å². The van der Waals surface area contributed by atoms with Crippen LogP contribution in [0.3, 0.4) is 0 Å². The Hall–Kier alpha value is -2.89. The smallest absolute Gasteiger partial charge is 0.337 e. The molecule has 1 aromatic heterocycles. The van der Waals surface area contributed by atoms with Gasteiger partial charge in [0.2, 0.25) is 0 Å². The standard InChI is InChI=1S/C14H13N3O3/c1-8-2-3-9(7-16-8)13(18)17-12-5-4-10(15)6-11(12)14(19)20/h2-7H,15H2,1H3,(H,17,18)(H,19,20). The van der Waals surface area contributed by atoms with Gasteiger partial charge in [0.1, 0.15) is 0 Å². The first kappa shape index (κ1) is 13.5. The maximum absolute atomic E-state index is 12.0. The molecule has 1 aromatic carbocycles. The first-order valence-corrected chi connectivity index (χ1v) is 5.84. The van der Waals surface area contributed by atoms with Gasteiger partial charge in [-0.05, 0) is 37.3 Å². The minimum Gasteiger partial charge on any atom is -0.478 e. The van der Waals surface area contributed by atoms with Crippen molar-refractivity contribution in [2.75, 3.05) is 11.1 Å². The van der Waals surface area contributed by atoms with E-state index in [1.165, 1.54) is 24.4 Å². The van der Waals surface area contributed by atoms with Crippen molar-refractivity contribution in [3.05, 3.63) is 53.3 Å². The van der Waals surface area contributed by atoms with E-state index in [2.05, 4.69) is 10.3 Å². The molecule has 0 bridgehead atoms. The molecule has 0 aliphatic rings. The van der Waals surface area contributed by atoms with Gasteiger partial charge in [0.25, 0.3) is 5.91 Å². The molecule has 1 heterocycles. The van der Waals surface area contributed by atoms with E-state index in [0.29, 0.717) is 11.3 Å². The molecule has 0 fully saturated rings. The number of anilines is 2. The number of aromatic carboxylic acids is 1. The molecular formula is C14H13N3O3. The summed E-state index contributed by atoms with van der Waals surface area (Å²) in [6.07, 6.45) is 1.43. The summed E-state index contributed by atoms with van der Waals surface area (Å²) in [5, 5.41) is 11.6. The molecule has 2 rings (SSSR count). The van der Waals surface area contributed by atoms with Gasteiger partial charge in [0.05, 0.1) is 16.8 Å². The number of hydrogen-bond donors (Lipinski definition) is 3. The van der Waals surface area contributed by atoms with Crippen LogP contribution in [-0.4, -0.2) is 22.0 Å². The van der Waals surface area contributed by atoms with Gasteiger partial charge in [0.15, 0.2) is 0 Å². The van der Waals surface area contributed by atoms with E-state index >= 15 is 0 Å². The number of benzene rings is 1. The van der Waals surface area contributed by atoms with Crippen LogP contribution in [0, 0.1) is 6.92 Å². The van der Waals surface area contributed by atoms with Crippen LogP contribution in [0.1, 0.15) is 26.4 Å². The zero-order valence-electron chi connectivity index (χ0n) is 10.8. The molecule has 0 aliphatic heterocycles. The Kier molecular flexibility index (Phi) is 3.65. The molecule has 1 amide bonds. The molecule has 102 valence electrons. The van der Waals surface area contributed by atoms with E-state index in [1.807, 2.05) is 6.92 Å². The van der Waals surface area contributed by atoms with Crippen molar-refractivity contribution < 1.29 is 14.7 Å². The number of nitrogen functional groups attached to an aromatic ring is 1. The highest BCUT2D eigenvalue weighted by Gasteiger charge is 2.14. The van der Waals surface area contributed by atoms with Gasteiger partial charge in [-0.1, -0.05) is 0 Å². The molecule has 0 spiro atoms. The van der Waals surface area contributed by atoms with Crippen molar-refractivity contribution in [1.82, 2.24) is 4.98 Å². The summed E-state index contributed by atoms with van der Waals surface area (Å²) in [4.78, 5) is 27.1. The number of nitrogens with one attached hydrogen (secondary N) is 1. The SMILES string of the molecule is Cc1ccc(C(=O)Nc2ccc(N)cc2C(=O)O)cn1. The number of carboxylic acids is 1. The van der Waals surface area contributed by atoms with Crippen LogP contribution in [0.4, 0.5) is 11.4 Å². The van der Waals surface area contributed by atoms with Crippen LogP contribution in [0.15, 0.2) is 36.5 Å². The molecule has 0 atom stereocenters. The fourth-order valence-electron chi connectivity index (χ4n) is 1.64. The van der Waals surface area contributed by atoms with E-state index in [-0.39, 0.29) is 11.3 Å². The van der Waals surface area contributed by atoms with Crippen molar-refractivity contribution in [3.63, 3.8) is 0 Å². The minimum absolute atomic E-state index is 0.0570. The number of aryl methyl sites for hydroxylation is 1. The molecule has 0 saturated heterocycles. The van der Waals surface area contributed by atoms with Crippen LogP contribution in [0.25, 0.3) is 0 Å². The number of carbonyl (C=O) groups excluding carboxylic acids is 1. The maximum Gasteiger partial charge on any atom is 0.337 e. The largest absolute Gasteiger partial charge is 0.478 e. The van der Waals surface area contributed by atoms with E-state index in [4.69, 9.17) is 10.8 Å². The van der Waals surface area contributed by atoms with Gasteiger partial charge in [-0.3, -0.25) is 9.78 Å². The Morgan fingerprint density at radius 2 is 2.00 bits per heavy atom. The molecule has 2 aromatic rings. The van der Waals surface area contributed by atoms with Crippen LogP contribution in [-0.2, 0) is 0 Å². The molecule has 0 radical (unpaired) electrons. The lowest BCUT2D eigenvalue weighted by Crippen LogP contribution is -2.15. The summed E-state index contributed by atoms with van der Waals surface area (Å²) >= 11 is 0. The lowest BCUT2D eigenvalue weighted by atomic mass is 10.1. The summed E-state index contributed by atoms with van der Waals surface area (Å²) in [6, 6.07) is 7.60. The average molecular weight is 271 g/mol. The number of aromatic nitrogens is 1. The van der Waals surface area contributed by atoms with Gasteiger partial charge in [-0.15, -0.1) is 0 Å². The Morgan fingerprint density at radius 3 is 2.60 bits per heavy atom. The summed E-state index contributed by atoms with van der Waals surface area (Å²) in [5.41, 5.74) is 7.13. The second-order valence-electron chi connectivity index (χ2n) is 4.25. The van der Waals surface area contributed by atoms with Crippen LogP contribution in [0.2, 0.25) is 0 Å². The zero-order chi connectivity index (χ0) is 14.7. The quantitative estimate of drug-likeness (QED) is 0.739. The van der Waals surface area contributed by atoms with Gasteiger partial charge in [-0.25, -0.2) is 4.79 Å². The molecule has 0 saturated carbocycles. The van der Waals surface area contributed by atoms with Crippen LogP contribution >= 0.6 is 0 Å². The third kappa shape index (κ3) is 2.92. The second kappa shape index (κ2) is 5.40. The highest BCUT2D eigenvalue weighted by atomic mass is 16.4. The van der Waals surface area contributed by atoms with Gasteiger partial charge < -0.3 is 16.2 Å². The molecule has 0 aliphatic carbocycles. The number of hydrogen-bond acceptors (Lipinski definition) is 4. The number of nitrogens with zero attached hydrogens (tertiary/aromatic N) is 1. The van der Waals surface area contributed by atoms with Crippen molar-refractivity contribution in [2.45, 2.75) is 6.92 Å². The van der Waals surface area contributed by atoms with E-state index < -0.39 is 11.9 Å². The first-order valence-electron chi connectivity index (χ1n) is 5.84. The predicted octanol–water partition coefficient (Wildman–Crippen LogP) is 1.92. The Labute approximate surface area is 115 Å². The number of carbonyl (C=O) groups is 2. The molecule has 6 heteroatoms. The number of amides is 1. The monoisotopic (exact) mass is 271 g/mol. The van der Waals surface area contributed by atoms with Crippen LogP contribution in [0.5, 0.6) is 0 Å². The maximum atomic E-state index is 12.0. The Morgan fingerprint density at radius 1 is 1.25 bits per heavy atom. The summed E-state index contributed by atoms with van der Waals surface area (Å²) < 4.78 is 0. The summed E-state index contributed by atoms with van der Waals surface area (Å²) in [6.45, 7) is 1.81. The highest BCUT2D eigenvalue weighted by molar-refractivity contribution is 6.07. The lowest BCUT2D eigenvalue weighted by Gasteiger charge is -2.09. The first-order chi connectivity index (χ1) is 9.47. The van der Waals surface area contributed by atoms with Crippen molar-refractivity contribution >= 4 is 23.3 Å². The molecule has 0 unspecified atom stereocenters. The number of rotatable bonds is 3. The highest BCUT2D eigenvalue weighted by Crippen LogP contribution is 2.19. The van der Waals surface area contributed by atoms with Crippen molar-refractivity contribution in [1.29, 1.82) is 0 Å². The van der Waals surface area contributed by atoms with Crippen LogP contribution < -0.4 is 11.1 Å². The number of nitrogens with two attached hydrogens (primary N) is 1. The molecule has 4 N–H and O–H groups in total. The number of carboxylic acid groups (broad SMARTS) is 1. The van der Waals surface area contributed by atoms with Gasteiger partial charge in [-0.2, -0.15) is 0 Å². The average Bonchev–Trinajstić information content (AvgIpc) is 2.41. The number of pyridine rings is 1. The predicted molar refractivity (Wildman–Crippen MR) is 74.7 cm³/mol. The fourth-order valence-corrected chi connectivity index (χ4v) is 1.64. The zero-order valence-corrected chi connectivity index (χ0v) is 10.8. The van der Waals surface area contributed by atoms with E-state index in [0.717, 1.165) is 5.69 Å². The molecule has 20 heavy (non-hydrogen) atoms. The summed E-state index contributed by atoms with van der Waals surface area (Å²) in [5.74, 6) is -1.58. The van der Waals surface area contributed by atoms with E-state index in [1.54, 1.807) is 12.1 Å². The minimum atomic E-state index is -1.16. The van der Waals surface area contributed by atoms with Gasteiger partial charge in [0, 0.05) is 17.6 Å².